The molecule has 1 aromatic heterocycles. The predicted molar refractivity (Wildman–Crippen MR) is 113 cm³/mol. The third-order valence-electron chi connectivity index (χ3n) is 5.78. The zero-order chi connectivity index (χ0) is 19.6. The summed E-state index contributed by atoms with van der Waals surface area (Å²) in [5, 5.41) is 9.40. The van der Waals surface area contributed by atoms with Gasteiger partial charge in [0.2, 0.25) is 0 Å². The molecule has 1 fully saturated rings. The molecule has 0 bridgehead atoms. The fraction of sp³-hybridized carbons (Fsp3) is 0.261. The van der Waals surface area contributed by atoms with E-state index in [1.807, 2.05) is 24.5 Å². The Hall–Kier alpha value is -3.25. The van der Waals surface area contributed by atoms with Crippen molar-refractivity contribution in [1.29, 1.82) is 0 Å². The molecule has 2 aromatic rings. The van der Waals surface area contributed by atoms with Crippen molar-refractivity contribution in [2.75, 3.05) is 24.5 Å². The van der Waals surface area contributed by atoms with E-state index in [1.165, 1.54) is 16.8 Å². The second-order valence-corrected chi connectivity index (χ2v) is 7.42. The summed E-state index contributed by atoms with van der Waals surface area (Å²) in [5.41, 5.74) is 5.79. The second kappa shape index (κ2) is 7.64. The van der Waals surface area contributed by atoms with E-state index >= 15 is 0 Å². The molecule has 6 nitrogen and oxygen atoms in total. The second-order valence-electron chi connectivity index (χ2n) is 7.42. The van der Waals surface area contributed by atoms with Gasteiger partial charge in [0.05, 0.1) is 24.6 Å². The molecule has 0 radical (unpaired) electrons. The Morgan fingerprint density at radius 1 is 1.07 bits per heavy atom. The Labute approximate surface area is 170 Å². The van der Waals surface area contributed by atoms with Crippen molar-refractivity contribution in [3.8, 4) is 0 Å². The molecule has 0 saturated carbocycles. The first-order valence-corrected chi connectivity index (χ1v) is 9.95. The van der Waals surface area contributed by atoms with Gasteiger partial charge in [0.15, 0.2) is 0 Å². The lowest BCUT2D eigenvalue weighted by molar-refractivity contribution is 0.270. The van der Waals surface area contributed by atoms with Crippen LogP contribution in [-0.4, -0.2) is 45.3 Å². The number of aliphatic hydroxyl groups is 1. The number of aromatic nitrogens is 2. The fourth-order valence-corrected chi connectivity index (χ4v) is 4.29. The van der Waals surface area contributed by atoms with Gasteiger partial charge in [-0.15, -0.1) is 0 Å². The van der Waals surface area contributed by atoms with E-state index in [4.69, 9.17) is 0 Å². The maximum Gasteiger partial charge on any atom is 0.147 e. The van der Waals surface area contributed by atoms with E-state index in [9.17, 15) is 5.11 Å². The standard InChI is InChI=1S/C23H23N5O/c29-16-17-4-6-18(7-5-17)22-15-27(12-13-28(22)23-14-24-10-11-26-23)21-3-1-2-20-19(21)8-9-25-20/h1-2,4-11,14,22,29H,3,12-13,15-16H2. The number of hydrogen-bond donors (Lipinski definition) is 1. The highest BCUT2D eigenvalue weighted by Crippen LogP contribution is 2.34. The van der Waals surface area contributed by atoms with Gasteiger partial charge < -0.3 is 14.9 Å². The quantitative estimate of drug-likeness (QED) is 0.877. The Bertz CT molecular complexity index is 1010. The van der Waals surface area contributed by atoms with Crippen LogP contribution in [0.4, 0.5) is 5.82 Å². The maximum atomic E-state index is 9.40. The first kappa shape index (κ1) is 17.8. The molecule has 1 unspecified atom stereocenters. The van der Waals surface area contributed by atoms with Gasteiger partial charge in [0, 0.05) is 55.9 Å². The molecule has 1 atom stereocenters. The molecule has 29 heavy (non-hydrogen) atoms. The number of nitrogens with zero attached hydrogens (tertiary/aromatic N) is 5. The summed E-state index contributed by atoms with van der Waals surface area (Å²) in [6, 6.07) is 8.38. The minimum absolute atomic E-state index is 0.0575. The monoisotopic (exact) mass is 385 g/mol. The predicted octanol–water partition coefficient (Wildman–Crippen LogP) is 3.01. The number of hydrogen-bond acceptors (Lipinski definition) is 6. The van der Waals surface area contributed by atoms with Gasteiger partial charge in [-0.1, -0.05) is 30.3 Å². The molecule has 1 saturated heterocycles. The molecule has 146 valence electrons. The molecule has 0 amide bonds. The summed E-state index contributed by atoms with van der Waals surface area (Å²) in [4.78, 5) is 18.1. The van der Waals surface area contributed by atoms with Crippen LogP contribution in [0, 0.1) is 0 Å². The summed E-state index contributed by atoms with van der Waals surface area (Å²) in [7, 11) is 0. The molecular formula is C23H23N5O. The van der Waals surface area contributed by atoms with Gasteiger partial charge in [-0.2, -0.15) is 0 Å². The lowest BCUT2D eigenvalue weighted by atomic mass is 9.96. The van der Waals surface area contributed by atoms with Crippen LogP contribution in [0.25, 0.3) is 0 Å². The van der Waals surface area contributed by atoms with E-state index in [0.717, 1.165) is 43.1 Å². The average Bonchev–Trinajstić information content (AvgIpc) is 3.28. The summed E-state index contributed by atoms with van der Waals surface area (Å²) in [6.45, 7) is 2.71. The molecule has 0 spiro atoms. The fourth-order valence-electron chi connectivity index (χ4n) is 4.29. The molecule has 1 N–H and O–H groups in total. The molecular weight excluding hydrogens is 362 g/mol. The van der Waals surface area contributed by atoms with Gasteiger partial charge in [0.1, 0.15) is 5.82 Å². The van der Waals surface area contributed by atoms with E-state index in [-0.39, 0.29) is 12.6 Å². The molecule has 5 rings (SSSR count). The Balaban J connectivity index is 1.49. The van der Waals surface area contributed by atoms with Crippen LogP contribution >= 0.6 is 0 Å². The van der Waals surface area contributed by atoms with E-state index in [2.05, 4.69) is 55.1 Å². The van der Waals surface area contributed by atoms with Gasteiger partial charge >= 0.3 is 0 Å². The van der Waals surface area contributed by atoms with Crippen molar-refractivity contribution < 1.29 is 5.11 Å². The van der Waals surface area contributed by atoms with Gasteiger partial charge in [0.25, 0.3) is 0 Å². The highest BCUT2D eigenvalue weighted by molar-refractivity contribution is 6.13. The lowest BCUT2D eigenvalue weighted by Crippen LogP contribution is -2.48. The number of aliphatic hydroxyl groups excluding tert-OH is 1. The largest absolute Gasteiger partial charge is 0.392 e. The number of benzene rings is 1. The Morgan fingerprint density at radius 3 is 2.76 bits per heavy atom. The van der Waals surface area contributed by atoms with Crippen LogP contribution in [0.3, 0.4) is 0 Å². The topological polar surface area (TPSA) is 64.8 Å². The minimum Gasteiger partial charge on any atom is -0.392 e. The summed E-state index contributed by atoms with van der Waals surface area (Å²) in [5.74, 6) is 0.896. The average molecular weight is 385 g/mol. The number of rotatable bonds is 4. The van der Waals surface area contributed by atoms with Gasteiger partial charge in [-0.05, 0) is 23.3 Å². The lowest BCUT2D eigenvalue weighted by Gasteiger charge is -2.44. The van der Waals surface area contributed by atoms with E-state index in [0.29, 0.717) is 0 Å². The number of fused-ring (bicyclic) bond motifs is 1. The molecule has 2 aliphatic heterocycles. The van der Waals surface area contributed by atoms with Crippen molar-refractivity contribution in [2.45, 2.75) is 19.1 Å². The Kier molecular flexibility index (Phi) is 4.69. The third-order valence-corrected chi connectivity index (χ3v) is 5.78. The van der Waals surface area contributed by atoms with Crippen LogP contribution in [-0.2, 0) is 6.61 Å². The molecule has 6 heteroatoms. The van der Waals surface area contributed by atoms with Crippen molar-refractivity contribution in [3.05, 3.63) is 89.7 Å². The zero-order valence-corrected chi connectivity index (χ0v) is 16.1. The highest BCUT2D eigenvalue weighted by Gasteiger charge is 2.32. The van der Waals surface area contributed by atoms with Gasteiger partial charge in [-0.25, -0.2) is 4.98 Å². The van der Waals surface area contributed by atoms with Crippen LogP contribution in [0.1, 0.15) is 23.6 Å². The molecule has 3 aliphatic rings. The Morgan fingerprint density at radius 2 is 1.97 bits per heavy atom. The van der Waals surface area contributed by atoms with E-state index < -0.39 is 0 Å². The van der Waals surface area contributed by atoms with Crippen molar-refractivity contribution in [3.63, 3.8) is 0 Å². The van der Waals surface area contributed by atoms with Crippen molar-refractivity contribution >= 4 is 11.5 Å². The minimum atomic E-state index is 0.0575. The van der Waals surface area contributed by atoms with Crippen molar-refractivity contribution in [1.82, 2.24) is 14.9 Å². The molecule has 3 heterocycles. The number of piperazine rings is 1. The highest BCUT2D eigenvalue weighted by atomic mass is 16.3. The zero-order valence-electron chi connectivity index (χ0n) is 16.1. The number of allylic oxidation sites excluding steroid dienone is 4. The first-order valence-electron chi connectivity index (χ1n) is 9.95. The summed E-state index contributed by atoms with van der Waals surface area (Å²) >= 11 is 0. The smallest absolute Gasteiger partial charge is 0.147 e. The normalized spacial score (nSPS) is 20.9. The number of anilines is 1. The number of aliphatic imine (C=N–C) groups is 1. The van der Waals surface area contributed by atoms with Crippen molar-refractivity contribution in [2.24, 2.45) is 4.99 Å². The van der Waals surface area contributed by atoms with Crippen LogP contribution < -0.4 is 4.90 Å². The molecule has 1 aliphatic carbocycles. The van der Waals surface area contributed by atoms with E-state index in [1.54, 1.807) is 12.4 Å². The third kappa shape index (κ3) is 3.36. The first-order chi connectivity index (χ1) is 14.3. The maximum absolute atomic E-state index is 9.40. The SMILES string of the molecule is OCc1ccc(C2CN(C3=C4C=CN=C4C=CC3)CCN2c2cnccn2)cc1. The summed E-state index contributed by atoms with van der Waals surface area (Å²) < 4.78 is 0. The molecule has 1 aromatic carbocycles. The van der Waals surface area contributed by atoms with Gasteiger partial charge in [-0.3, -0.25) is 9.98 Å². The van der Waals surface area contributed by atoms with Crippen LogP contribution in [0.5, 0.6) is 0 Å². The van der Waals surface area contributed by atoms with Crippen LogP contribution in [0.15, 0.2) is 83.5 Å². The van der Waals surface area contributed by atoms with Crippen LogP contribution in [0.2, 0.25) is 0 Å². The summed E-state index contributed by atoms with van der Waals surface area (Å²) in [6.07, 6.45) is 14.5.